The first-order chi connectivity index (χ1) is 6.76. The van der Waals surface area contributed by atoms with E-state index in [0.717, 1.165) is 10.5 Å². The first-order valence-electron chi connectivity index (χ1n) is 4.00. The van der Waals surface area contributed by atoms with Crippen LogP contribution in [0.5, 0.6) is 0 Å². The number of benzene rings is 1. The fourth-order valence-corrected chi connectivity index (χ4v) is 1.33. The molecule has 1 aromatic rings. The number of esters is 1. The van der Waals surface area contributed by atoms with Crippen LogP contribution in [-0.4, -0.2) is 19.3 Å². The van der Waals surface area contributed by atoms with Gasteiger partial charge in [0.05, 0.1) is 7.11 Å². The molecule has 1 rings (SSSR count). The van der Waals surface area contributed by atoms with E-state index in [-0.39, 0.29) is 0 Å². The summed E-state index contributed by atoms with van der Waals surface area (Å²) in [7, 11) is 1.31. The molecule has 0 bridgehead atoms. The van der Waals surface area contributed by atoms with Crippen molar-refractivity contribution in [3.8, 4) is 11.8 Å². The Labute approximate surface area is 87.7 Å². The molecule has 0 aliphatic heterocycles. The second-order valence-electron chi connectivity index (χ2n) is 2.47. The fraction of sp³-hybridized carbons (Fsp3) is 0.182. The highest BCUT2D eigenvalue weighted by atomic mass is 32.2. The zero-order chi connectivity index (χ0) is 10.4. The van der Waals surface area contributed by atoms with Gasteiger partial charge in [0.1, 0.15) is 0 Å². The van der Waals surface area contributed by atoms with E-state index in [1.54, 1.807) is 11.8 Å². The van der Waals surface area contributed by atoms with Crippen molar-refractivity contribution in [3.63, 3.8) is 0 Å². The largest absolute Gasteiger partial charge is 0.459 e. The minimum atomic E-state index is -0.514. The van der Waals surface area contributed by atoms with E-state index in [0.29, 0.717) is 0 Å². The van der Waals surface area contributed by atoms with E-state index < -0.39 is 5.97 Å². The van der Waals surface area contributed by atoms with Gasteiger partial charge in [0, 0.05) is 16.4 Å². The standard InChI is InChI=1S/C11H10O2S/c1-13-11(12)7-6-9-4-3-5-10(8-9)14-2/h3-5,8H,1-2H3. The molecular formula is C11H10O2S. The Bertz CT molecular complexity index is 388. The zero-order valence-corrected chi connectivity index (χ0v) is 8.85. The summed E-state index contributed by atoms with van der Waals surface area (Å²) in [6.45, 7) is 0. The molecule has 14 heavy (non-hydrogen) atoms. The van der Waals surface area contributed by atoms with Crippen LogP contribution >= 0.6 is 11.8 Å². The number of ether oxygens (including phenoxy) is 1. The quantitative estimate of drug-likeness (QED) is 0.399. The summed E-state index contributed by atoms with van der Waals surface area (Å²) in [5.41, 5.74) is 0.822. The van der Waals surface area contributed by atoms with Crippen molar-refractivity contribution in [1.82, 2.24) is 0 Å². The number of hydrogen-bond acceptors (Lipinski definition) is 3. The van der Waals surface area contributed by atoms with Gasteiger partial charge in [-0.15, -0.1) is 11.8 Å². The molecule has 3 heteroatoms. The summed E-state index contributed by atoms with van der Waals surface area (Å²) >= 11 is 1.64. The second-order valence-corrected chi connectivity index (χ2v) is 3.35. The average Bonchev–Trinajstić information content (AvgIpc) is 2.26. The summed E-state index contributed by atoms with van der Waals surface area (Å²) in [6.07, 6.45) is 1.99. The van der Waals surface area contributed by atoms with Gasteiger partial charge in [-0.25, -0.2) is 4.79 Å². The Hall–Kier alpha value is -1.40. The minimum Gasteiger partial charge on any atom is -0.459 e. The maximum Gasteiger partial charge on any atom is 0.384 e. The molecule has 0 unspecified atom stereocenters. The van der Waals surface area contributed by atoms with Gasteiger partial charge in [-0.2, -0.15) is 0 Å². The normalized spacial score (nSPS) is 8.71. The molecule has 0 fully saturated rings. The fourth-order valence-electron chi connectivity index (χ4n) is 0.875. The number of thioether (sulfide) groups is 1. The molecule has 2 nitrogen and oxygen atoms in total. The third-order valence-electron chi connectivity index (χ3n) is 1.56. The lowest BCUT2D eigenvalue weighted by Crippen LogP contribution is -1.94. The molecule has 0 N–H and O–H groups in total. The van der Waals surface area contributed by atoms with Gasteiger partial charge in [-0.3, -0.25) is 0 Å². The van der Waals surface area contributed by atoms with Crippen molar-refractivity contribution in [2.75, 3.05) is 13.4 Å². The summed E-state index contributed by atoms with van der Waals surface area (Å²) in [4.78, 5) is 11.9. The molecule has 0 spiro atoms. The molecule has 0 aliphatic carbocycles. The number of rotatable bonds is 1. The molecule has 0 heterocycles. The van der Waals surface area contributed by atoms with Crippen molar-refractivity contribution >= 4 is 17.7 Å². The summed E-state index contributed by atoms with van der Waals surface area (Å²) in [5, 5.41) is 0. The van der Waals surface area contributed by atoms with Crippen molar-refractivity contribution in [1.29, 1.82) is 0 Å². The first kappa shape index (κ1) is 10.7. The van der Waals surface area contributed by atoms with Gasteiger partial charge < -0.3 is 4.74 Å². The SMILES string of the molecule is COC(=O)C#Cc1cccc(SC)c1. The predicted octanol–water partition coefficient (Wildman–Crippen LogP) is 1.93. The highest BCUT2D eigenvalue weighted by Gasteiger charge is 1.92. The molecular weight excluding hydrogens is 196 g/mol. The molecule has 0 radical (unpaired) electrons. The van der Waals surface area contributed by atoms with E-state index in [2.05, 4.69) is 16.6 Å². The highest BCUT2D eigenvalue weighted by molar-refractivity contribution is 7.98. The van der Waals surface area contributed by atoms with Crippen LogP contribution in [0.2, 0.25) is 0 Å². The van der Waals surface area contributed by atoms with Crippen molar-refractivity contribution in [2.45, 2.75) is 4.90 Å². The molecule has 0 amide bonds. The zero-order valence-electron chi connectivity index (χ0n) is 8.03. The van der Waals surface area contributed by atoms with Crippen LogP contribution in [-0.2, 0) is 9.53 Å². The van der Waals surface area contributed by atoms with Crippen LogP contribution in [0.4, 0.5) is 0 Å². The lowest BCUT2D eigenvalue weighted by atomic mass is 10.2. The Morgan fingerprint density at radius 2 is 2.29 bits per heavy atom. The van der Waals surface area contributed by atoms with Crippen LogP contribution in [0.15, 0.2) is 29.2 Å². The van der Waals surface area contributed by atoms with E-state index in [9.17, 15) is 4.79 Å². The molecule has 0 aliphatic rings. The smallest absolute Gasteiger partial charge is 0.384 e. The van der Waals surface area contributed by atoms with E-state index in [1.165, 1.54) is 7.11 Å². The van der Waals surface area contributed by atoms with E-state index in [4.69, 9.17) is 0 Å². The molecule has 0 aromatic heterocycles. The monoisotopic (exact) mass is 206 g/mol. The maximum absolute atomic E-state index is 10.7. The Balaban J connectivity index is 2.84. The summed E-state index contributed by atoms with van der Waals surface area (Å²) in [5.74, 6) is 4.60. The minimum absolute atomic E-state index is 0.514. The lowest BCUT2D eigenvalue weighted by Gasteiger charge is -1.95. The third kappa shape index (κ3) is 3.15. The molecule has 0 atom stereocenters. The second kappa shape index (κ2) is 5.36. The van der Waals surface area contributed by atoms with E-state index in [1.807, 2.05) is 30.5 Å². The van der Waals surface area contributed by atoms with Crippen LogP contribution in [0, 0.1) is 11.8 Å². The van der Waals surface area contributed by atoms with Gasteiger partial charge in [0.15, 0.2) is 0 Å². The van der Waals surface area contributed by atoms with Crippen LogP contribution < -0.4 is 0 Å². The van der Waals surface area contributed by atoms with Crippen molar-refractivity contribution in [3.05, 3.63) is 29.8 Å². The molecule has 0 saturated heterocycles. The van der Waals surface area contributed by atoms with Crippen molar-refractivity contribution in [2.24, 2.45) is 0 Å². The lowest BCUT2D eigenvalue weighted by molar-refractivity contribution is -0.133. The van der Waals surface area contributed by atoms with Gasteiger partial charge in [-0.1, -0.05) is 12.0 Å². The molecule has 1 aromatic carbocycles. The Kier molecular flexibility index (Phi) is 4.09. The van der Waals surface area contributed by atoms with Crippen LogP contribution in [0.25, 0.3) is 0 Å². The number of hydrogen-bond donors (Lipinski definition) is 0. The topological polar surface area (TPSA) is 26.3 Å². The average molecular weight is 206 g/mol. The summed E-state index contributed by atoms with van der Waals surface area (Å²) < 4.78 is 4.41. The maximum atomic E-state index is 10.7. The molecule has 72 valence electrons. The van der Waals surface area contributed by atoms with Gasteiger partial charge in [0.2, 0.25) is 0 Å². The highest BCUT2D eigenvalue weighted by Crippen LogP contribution is 2.14. The van der Waals surface area contributed by atoms with E-state index >= 15 is 0 Å². The predicted molar refractivity (Wildman–Crippen MR) is 57.1 cm³/mol. The third-order valence-corrected chi connectivity index (χ3v) is 2.29. The number of carbonyl (C=O) groups excluding carboxylic acids is 1. The Morgan fingerprint density at radius 3 is 2.93 bits per heavy atom. The Morgan fingerprint density at radius 1 is 1.50 bits per heavy atom. The van der Waals surface area contributed by atoms with Crippen LogP contribution in [0.3, 0.4) is 0 Å². The van der Waals surface area contributed by atoms with Crippen LogP contribution in [0.1, 0.15) is 5.56 Å². The molecule has 0 saturated carbocycles. The van der Waals surface area contributed by atoms with Gasteiger partial charge >= 0.3 is 5.97 Å². The summed E-state index contributed by atoms with van der Waals surface area (Å²) in [6, 6.07) is 7.69. The van der Waals surface area contributed by atoms with Gasteiger partial charge in [0.25, 0.3) is 0 Å². The number of methoxy groups -OCH3 is 1. The first-order valence-corrected chi connectivity index (χ1v) is 5.22. The van der Waals surface area contributed by atoms with Gasteiger partial charge in [-0.05, 0) is 24.5 Å². The van der Waals surface area contributed by atoms with Crippen molar-refractivity contribution < 1.29 is 9.53 Å². The number of carbonyl (C=O) groups is 1.